The summed E-state index contributed by atoms with van der Waals surface area (Å²) in [5, 5.41) is 21.3. The maximum absolute atomic E-state index is 12.1. The normalized spacial score (nSPS) is 10.5. The molecule has 110 valence electrons. The van der Waals surface area contributed by atoms with Gasteiger partial charge in [0.2, 0.25) is 5.91 Å². The Morgan fingerprint density at radius 2 is 2.09 bits per heavy atom. The average Bonchev–Trinajstić information content (AvgIpc) is 2.95. The number of para-hydroxylation sites is 1. The molecule has 0 bridgehead atoms. The van der Waals surface area contributed by atoms with Crippen LogP contribution in [-0.4, -0.2) is 21.0 Å². The molecular weight excluding hydrogens is 284 g/mol. The van der Waals surface area contributed by atoms with Crippen molar-refractivity contribution < 1.29 is 9.72 Å². The predicted octanol–water partition coefficient (Wildman–Crippen LogP) is 2.65. The van der Waals surface area contributed by atoms with Crippen molar-refractivity contribution in [1.29, 1.82) is 0 Å². The van der Waals surface area contributed by atoms with E-state index in [1.54, 1.807) is 36.5 Å². The topological polar surface area (TPSA) is 101 Å². The Hall–Kier alpha value is -3.22. The molecule has 0 aliphatic rings. The minimum Gasteiger partial charge on any atom is -0.326 e. The average molecular weight is 296 g/mol. The molecule has 0 saturated heterocycles. The number of nitro benzene ring substituents is 1. The number of aromatic amines is 1. The van der Waals surface area contributed by atoms with E-state index in [2.05, 4.69) is 15.5 Å². The third-order valence-electron chi connectivity index (χ3n) is 3.26. The maximum Gasteiger partial charge on any atom is 0.273 e. The molecule has 0 aliphatic carbocycles. The highest BCUT2D eigenvalue weighted by Crippen LogP contribution is 2.20. The van der Waals surface area contributed by atoms with Crippen molar-refractivity contribution >= 4 is 28.2 Å². The van der Waals surface area contributed by atoms with Crippen LogP contribution in [0.2, 0.25) is 0 Å². The van der Waals surface area contributed by atoms with Crippen LogP contribution in [-0.2, 0) is 11.2 Å². The SMILES string of the molecule is O=C(Cc1ccccc1[N+](=O)[O-])Nc1ccc2[nH]ncc2c1. The summed E-state index contributed by atoms with van der Waals surface area (Å²) >= 11 is 0. The molecule has 2 aromatic carbocycles. The second-order valence-electron chi connectivity index (χ2n) is 4.78. The number of H-pyrrole nitrogens is 1. The summed E-state index contributed by atoms with van der Waals surface area (Å²) in [6.45, 7) is 0. The third-order valence-corrected chi connectivity index (χ3v) is 3.26. The molecule has 1 amide bonds. The van der Waals surface area contributed by atoms with Crippen molar-refractivity contribution in [1.82, 2.24) is 10.2 Å². The van der Waals surface area contributed by atoms with Crippen LogP contribution in [0.1, 0.15) is 5.56 Å². The van der Waals surface area contributed by atoms with Gasteiger partial charge in [-0.15, -0.1) is 0 Å². The number of aromatic nitrogens is 2. The summed E-state index contributed by atoms with van der Waals surface area (Å²) in [5.41, 5.74) is 1.83. The van der Waals surface area contributed by atoms with Gasteiger partial charge in [0.1, 0.15) is 0 Å². The number of nitrogens with zero attached hydrogens (tertiary/aromatic N) is 2. The number of nitrogens with one attached hydrogen (secondary N) is 2. The van der Waals surface area contributed by atoms with Gasteiger partial charge in [-0.3, -0.25) is 20.0 Å². The fourth-order valence-electron chi connectivity index (χ4n) is 2.24. The summed E-state index contributed by atoms with van der Waals surface area (Å²) in [6.07, 6.45) is 1.60. The van der Waals surface area contributed by atoms with Gasteiger partial charge in [0.25, 0.3) is 5.69 Å². The number of hydrogen-bond donors (Lipinski definition) is 2. The fraction of sp³-hybridized carbons (Fsp3) is 0.0667. The van der Waals surface area contributed by atoms with E-state index in [9.17, 15) is 14.9 Å². The standard InChI is InChI=1S/C15H12N4O3/c20-15(8-10-3-1-2-4-14(10)19(21)22)17-12-5-6-13-11(7-12)9-16-18-13/h1-7,9H,8H2,(H,16,18)(H,17,20). The molecule has 0 aliphatic heterocycles. The molecule has 7 heteroatoms. The van der Waals surface area contributed by atoms with Crippen LogP contribution in [0.3, 0.4) is 0 Å². The Balaban J connectivity index is 1.76. The lowest BCUT2D eigenvalue weighted by Gasteiger charge is -2.06. The van der Waals surface area contributed by atoms with Crippen LogP contribution in [0.15, 0.2) is 48.7 Å². The monoisotopic (exact) mass is 296 g/mol. The highest BCUT2D eigenvalue weighted by Gasteiger charge is 2.15. The van der Waals surface area contributed by atoms with E-state index in [1.165, 1.54) is 6.07 Å². The molecule has 7 nitrogen and oxygen atoms in total. The molecule has 3 rings (SSSR count). The van der Waals surface area contributed by atoms with Gasteiger partial charge < -0.3 is 5.32 Å². The molecule has 0 saturated carbocycles. The first-order chi connectivity index (χ1) is 10.6. The van der Waals surface area contributed by atoms with E-state index in [1.807, 2.05) is 6.07 Å². The van der Waals surface area contributed by atoms with Gasteiger partial charge in [-0.1, -0.05) is 18.2 Å². The van der Waals surface area contributed by atoms with Gasteiger partial charge in [-0.25, -0.2) is 0 Å². The lowest BCUT2D eigenvalue weighted by atomic mass is 10.1. The first kappa shape index (κ1) is 13.7. The van der Waals surface area contributed by atoms with Crippen LogP contribution >= 0.6 is 0 Å². The number of hydrogen-bond acceptors (Lipinski definition) is 4. The quantitative estimate of drug-likeness (QED) is 0.570. The summed E-state index contributed by atoms with van der Waals surface area (Å²) in [5.74, 6) is -0.308. The smallest absolute Gasteiger partial charge is 0.273 e. The Morgan fingerprint density at radius 1 is 1.27 bits per heavy atom. The van der Waals surface area contributed by atoms with E-state index >= 15 is 0 Å². The molecule has 3 aromatic rings. The second kappa shape index (κ2) is 5.65. The molecule has 0 radical (unpaired) electrons. The minimum atomic E-state index is -0.486. The molecule has 0 atom stereocenters. The molecular formula is C15H12N4O3. The zero-order chi connectivity index (χ0) is 15.5. The molecule has 1 heterocycles. The summed E-state index contributed by atoms with van der Waals surface area (Å²) in [4.78, 5) is 22.5. The van der Waals surface area contributed by atoms with Gasteiger partial charge in [0.15, 0.2) is 0 Å². The van der Waals surface area contributed by atoms with E-state index in [0.717, 1.165) is 10.9 Å². The molecule has 0 unspecified atom stereocenters. The van der Waals surface area contributed by atoms with Crippen molar-refractivity contribution in [2.45, 2.75) is 6.42 Å². The highest BCUT2D eigenvalue weighted by atomic mass is 16.6. The fourth-order valence-corrected chi connectivity index (χ4v) is 2.24. The van der Waals surface area contributed by atoms with Gasteiger partial charge in [0.05, 0.1) is 23.1 Å². The van der Waals surface area contributed by atoms with Crippen LogP contribution in [0.25, 0.3) is 10.9 Å². The molecule has 22 heavy (non-hydrogen) atoms. The second-order valence-corrected chi connectivity index (χ2v) is 4.78. The van der Waals surface area contributed by atoms with E-state index in [4.69, 9.17) is 0 Å². The van der Waals surface area contributed by atoms with E-state index in [0.29, 0.717) is 11.3 Å². The molecule has 0 spiro atoms. The third kappa shape index (κ3) is 2.78. The number of carbonyl (C=O) groups is 1. The van der Waals surface area contributed by atoms with Gasteiger partial charge in [0, 0.05) is 22.7 Å². The van der Waals surface area contributed by atoms with Crippen molar-refractivity contribution in [3.63, 3.8) is 0 Å². The van der Waals surface area contributed by atoms with Crippen LogP contribution in [0, 0.1) is 10.1 Å². The van der Waals surface area contributed by atoms with Crippen molar-refractivity contribution in [2.24, 2.45) is 0 Å². The first-order valence-corrected chi connectivity index (χ1v) is 6.59. The number of rotatable bonds is 4. The number of anilines is 1. The van der Waals surface area contributed by atoms with E-state index in [-0.39, 0.29) is 18.0 Å². The number of carbonyl (C=O) groups excluding carboxylic acids is 1. The van der Waals surface area contributed by atoms with Gasteiger partial charge >= 0.3 is 0 Å². The Bertz CT molecular complexity index is 857. The van der Waals surface area contributed by atoms with E-state index < -0.39 is 4.92 Å². The molecule has 2 N–H and O–H groups in total. The minimum absolute atomic E-state index is 0.0528. The highest BCUT2D eigenvalue weighted by molar-refractivity contribution is 5.95. The van der Waals surface area contributed by atoms with Gasteiger partial charge in [-0.05, 0) is 18.2 Å². The van der Waals surface area contributed by atoms with Crippen molar-refractivity contribution in [3.05, 3.63) is 64.3 Å². The van der Waals surface area contributed by atoms with Crippen LogP contribution < -0.4 is 5.32 Å². The number of nitro groups is 1. The number of fused-ring (bicyclic) bond motifs is 1. The Morgan fingerprint density at radius 3 is 2.91 bits per heavy atom. The summed E-state index contributed by atoms with van der Waals surface area (Å²) in [7, 11) is 0. The largest absolute Gasteiger partial charge is 0.326 e. The van der Waals surface area contributed by atoms with Crippen LogP contribution in [0.4, 0.5) is 11.4 Å². The predicted molar refractivity (Wildman–Crippen MR) is 81.5 cm³/mol. The lowest BCUT2D eigenvalue weighted by molar-refractivity contribution is -0.385. The Labute approximate surface area is 125 Å². The maximum atomic E-state index is 12.1. The molecule has 0 fully saturated rings. The molecule has 1 aromatic heterocycles. The van der Waals surface area contributed by atoms with Crippen LogP contribution in [0.5, 0.6) is 0 Å². The van der Waals surface area contributed by atoms with Crippen molar-refractivity contribution in [3.8, 4) is 0 Å². The Kier molecular flexibility index (Phi) is 3.53. The zero-order valence-corrected chi connectivity index (χ0v) is 11.4. The summed E-state index contributed by atoms with van der Waals surface area (Å²) in [6, 6.07) is 11.6. The number of benzene rings is 2. The zero-order valence-electron chi connectivity index (χ0n) is 11.4. The number of amides is 1. The van der Waals surface area contributed by atoms with Gasteiger partial charge in [-0.2, -0.15) is 5.10 Å². The lowest BCUT2D eigenvalue weighted by Crippen LogP contribution is -2.15. The van der Waals surface area contributed by atoms with Crippen molar-refractivity contribution in [2.75, 3.05) is 5.32 Å². The first-order valence-electron chi connectivity index (χ1n) is 6.59. The summed E-state index contributed by atoms with van der Waals surface area (Å²) < 4.78 is 0.